The number of aromatic nitrogens is 2. The first-order chi connectivity index (χ1) is 11.6. The predicted octanol–water partition coefficient (Wildman–Crippen LogP) is 1.40. The third kappa shape index (κ3) is 4.30. The molecule has 1 atom stereocenters. The van der Waals surface area contributed by atoms with Crippen molar-refractivity contribution in [1.29, 1.82) is 0 Å². The number of carboxylic acid groups (broad SMARTS) is 1. The third-order valence-corrected chi connectivity index (χ3v) is 3.91. The van der Waals surface area contributed by atoms with E-state index in [0.717, 1.165) is 4.74 Å². The number of rotatable bonds is 5. The van der Waals surface area contributed by atoms with Gasteiger partial charge in [-0.2, -0.15) is 17.7 Å². The van der Waals surface area contributed by atoms with E-state index in [4.69, 9.17) is 5.11 Å². The molecule has 0 aliphatic carbocycles. The molecule has 0 saturated heterocycles. The van der Waals surface area contributed by atoms with E-state index in [0.29, 0.717) is 16.6 Å². The van der Waals surface area contributed by atoms with Gasteiger partial charge in [0.2, 0.25) is 6.21 Å². The lowest BCUT2D eigenvalue weighted by Gasteiger charge is -2.18. The van der Waals surface area contributed by atoms with Gasteiger partial charge < -0.3 is 15.6 Å². The largest absolute Gasteiger partial charge is 0.623 e. The fraction of sp³-hybridized carbons (Fsp3) is 0.375. The van der Waals surface area contributed by atoms with Crippen molar-refractivity contribution < 1.29 is 19.4 Å². The highest BCUT2D eigenvalue weighted by atomic mass is 32.1. The lowest BCUT2D eigenvalue weighted by Crippen LogP contribution is -2.42. The van der Waals surface area contributed by atoms with Crippen molar-refractivity contribution >= 4 is 41.6 Å². The number of carbonyl (C=O) groups excluding carboxylic acids is 1. The van der Waals surface area contributed by atoms with Crippen LogP contribution >= 0.6 is 12.6 Å². The van der Waals surface area contributed by atoms with E-state index < -0.39 is 23.5 Å². The van der Waals surface area contributed by atoms with Gasteiger partial charge >= 0.3 is 5.97 Å². The van der Waals surface area contributed by atoms with Crippen molar-refractivity contribution in [2.45, 2.75) is 32.4 Å². The number of amides is 1. The Morgan fingerprint density at radius 1 is 1.48 bits per heavy atom. The Bertz CT molecular complexity index is 838. The van der Waals surface area contributed by atoms with Gasteiger partial charge in [-0.25, -0.2) is 9.53 Å². The average Bonchev–Trinajstić information content (AvgIpc) is 2.93. The number of thiol groups is 1. The molecule has 0 aliphatic rings. The Morgan fingerprint density at radius 2 is 2.16 bits per heavy atom. The molecule has 134 valence electrons. The number of hydrogen-bond donors (Lipinski definition) is 4. The number of aromatic amines is 1. The SMILES string of the molecule is CC(C)(C)/[N+]([O-])=C\c1[nH]nc2cc(C(=O)NC(CS)C(=O)O)ccc12. The van der Waals surface area contributed by atoms with E-state index in [-0.39, 0.29) is 11.3 Å². The molecule has 0 saturated carbocycles. The number of nitrogens with zero attached hydrogens (tertiary/aromatic N) is 2. The molecule has 3 N–H and O–H groups in total. The highest BCUT2D eigenvalue weighted by molar-refractivity contribution is 7.80. The Labute approximate surface area is 149 Å². The van der Waals surface area contributed by atoms with Crippen LogP contribution in [-0.2, 0) is 4.79 Å². The van der Waals surface area contributed by atoms with Crippen LogP contribution in [0, 0.1) is 5.21 Å². The van der Waals surface area contributed by atoms with Crippen LogP contribution in [0.2, 0.25) is 0 Å². The number of H-pyrrole nitrogens is 1. The standard InChI is InChI=1S/C16H20N4O4S/c1-16(2,3)20(24)7-12-10-5-4-9(6-11(10)18-19-12)14(21)17-13(8-25)15(22)23/h4-7,13,25H,8H2,1-3H3,(H,17,21)(H,18,19)(H,22,23)/b20-7+. The molecule has 1 aromatic carbocycles. The van der Waals surface area contributed by atoms with Gasteiger partial charge in [0.25, 0.3) is 5.91 Å². The molecule has 0 radical (unpaired) electrons. The molecule has 0 fully saturated rings. The maximum Gasteiger partial charge on any atom is 0.327 e. The van der Waals surface area contributed by atoms with Crippen molar-refractivity contribution in [3.05, 3.63) is 34.7 Å². The Morgan fingerprint density at radius 3 is 2.72 bits per heavy atom. The van der Waals surface area contributed by atoms with Crippen LogP contribution in [0.15, 0.2) is 18.2 Å². The first kappa shape index (κ1) is 18.8. The molecule has 0 aliphatic heterocycles. The van der Waals surface area contributed by atoms with Crippen molar-refractivity contribution in [2.75, 3.05) is 5.75 Å². The van der Waals surface area contributed by atoms with E-state index in [1.54, 1.807) is 32.9 Å². The minimum atomic E-state index is -1.15. The van der Waals surface area contributed by atoms with Crippen molar-refractivity contribution in [3.8, 4) is 0 Å². The summed E-state index contributed by atoms with van der Waals surface area (Å²) < 4.78 is 0.824. The highest BCUT2D eigenvalue weighted by Gasteiger charge is 2.21. The molecule has 25 heavy (non-hydrogen) atoms. The summed E-state index contributed by atoms with van der Waals surface area (Å²) in [6.45, 7) is 5.37. The molecule has 1 unspecified atom stereocenters. The molecule has 1 heterocycles. The van der Waals surface area contributed by atoms with Gasteiger partial charge in [0.15, 0.2) is 5.54 Å². The second kappa shape index (κ2) is 7.14. The highest BCUT2D eigenvalue weighted by Crippen LogP contribution is 2.17. The molecule has 2 aromatic rings. The van der Waals surface area contributed by atoms with Crippen molar-refractivity contribution in [2.24, 2.45) is 0 Å². The first-order valence-corrected chi connectivity index (χ1v) is 8.20. The Kier molecular flexibility index (Phi) is 5.36. The molecule has 8 nitrogen and oxygen atoms in total. The summed E-state index contributed by atoms with van der Waals surface area (Å²) >= 11 is 3.91. The van der Waals surface area contributed by atoms with Crippen LogP contribution < -0.4 is 5.32 Å². The first-order valence-electron chi connectivity index (χ1n) is 7.57. The monoisotopic (exact) mass is 364 g/mol. The lowest BCUT2D eigenvalue weighted by atomic mass is 10.1. The van der Waals surface area contributed by atoms with Crippen molar-refractivity contribution in [1.82, 2.24) is 15.5 Å². The van der Waals surface area contributed by atoms with Gasteiger partial charge in [-0.3, -0.25) is 9.89 Å². The van der Waals surface area contributed by atoms with Crippen LogP contribution in [0.4, 0.5) is 0 Å². The van der Waals surface area contributed by atoms with E-state index in [2.05, 4.69) is 28.1 Å². The second-order valence-corrected chi connectivity index (χ2v) is 6.91. The van der Waals surface area contributed by atoms with Crippen LogP contribution in [0.3, 0.4) is 0 Å². The van der Waals surface area contributed by atoms with Gasteiger partial charge in [0.05, 0.1) is 5.52 Å². The topological polar surface area (TPSA) is 121 Å². The van der Waals surface area contributed by atoms with Gasteiger partial charge in [0, 0.05) is 37.5 Å². The minimum Gasteiger partial charge on any atom is -0.623 e. The van der Waals surface area contributed by atoms with Crippen LogP contribution in [0.1, 0.15) is 36.8 Å². The molecular formula is C16H20N4O4S. The number of hydroxylamine groups is 1. The average molecular weight is 364 g/mol. The Balaban J connectivity index is 2.30. The summed E-state index contributed by atoms with van der Waals surface area (Å²) in [5, 5.41) is 31.0. The molecule has 0 bridgehead atoms. The Hall–Kier alpha value is -2.55. The van der Waals surface area contributed by atoms with E-state index in [1.165, 1.54) is 12.3 Å². The van der Waals surface area contributed by atoms with Gasteiger partial charge in [0.1, 0.15) is 11.7 Å². The van der Waals surface area contributed by atoms with Gasteiger partial charge in [-0.05, 0) is 18.2 Å². The fourth-order valence-corrected chi connectivity index (χ4v) is 2.26. The number of hydrogen-bond acceptors (Lipinski definition) is 5. The quantitative estimate of drug-likeness (QED) is 0.210. The smallest absolute Gasteiger partial charge is 0.327 e. The molecule has 2 rings (SSSR count). The predicted molar refractivity (Wildman–Crippen MR) is 97.4 cm³/mol. The van der Waals surface area contributed by atoms with E-state index in [1.807, 2.05) is 0 Å². The normalized spacial score (nSPS) is 13.7. The lowest BCUT2D eigenvalue weighted by molar-refractivity contribution is -0.530. The molecular weight excluding hydrogens is 344 g/mol. The van der Waals surface area contributed by atoms with E-state index in [9.17, 15) is 14.8 Å². The maximum atomic E-state index is 12.2. The van der Waals surface area contributed by atoms with E-state index >= 15 is 0 Å². The van der Waals surface area contributed by atoms with Crippen LogP contribution in [-0.4, -0.2) is 55.5 Å². The summed E-state index contributed by atoms with van der Waals surface area (Å²) in [5.74, 6) is -1.70. The van der Waals surface area contributed by atoms with Crippen molar-refractivity contribution in [3.63, 3.8) is 0 Å². The zero-order chi connectivity index (χ0) is 18.8. The summed E-state index contributed by atoms with van der Waals surface area (Å²) in [5.41, 5.74) is 0.716. The zero-order valence-electron chi connectivity index (χ0n) is 14.1. The minimum absolute atomic E-state index is 0.0169. The number of fused-ring (bicyclic) bond motifs is 1. The summed E-state index contributed by atoms with van der Waals surface area (Å²) in [4.78, 5) is 23.1. The number of carboxylic acids is 1. The number of benzene rings is 1. The summed E-state index contributed by atoms with van der Waals surface area (Å²) in [6.07, 6.45) is 1.41. The number of carbonyl (C=O) groups is 2. The summed E-state index contributed by atoms with van der Waals surface area (Å²) in [6, 6.07) is 3.67. The van der Waals surface area contributed by atoms with Crippen LogP contribution in [0.25, 0.3) is 10.9 Å². The molecule has 0 spiro atoms. The van der Waals surface area contributed by atoms with Gasteiger partial charge in [-0.1, -0.05) is 0 Å². The van der Waals surface area contributed by atoms with Crippen LogP contribution in [0.5, 0.6) is 0 Å². The molecule has 1 amide bonds. The zero-order valence-corrected chi connectivity index (χ0v) is 15.0. The second-order valence-electron chi connectivity index (χ2n) is 6.54. The number of aliphatic carboxylic acids is 1. The molecule has 9 heteroatoms. The third-order valence-electron chi connectivity index (χ3n) is 3.54. The summed E-state index contributed by atoms with van der Waals surface area (Å²) in [7, 11) is 0. The maximum absolute atomic E-state index is 12.2. The number of nitrogens with one attached hydrogen (secondary N) is 2. The fourth-order valence-electron chi connectivity index (χ4n) is 2.01. The molecule has 1 aromatic heterocycles. The van der Waals surface area contributed by atoms with Gasteiger partial charge in [-0.15, -0.1) is 0 Å².